The summed E-state index contributed by atoms with van der Waals surface area (Å²) in [7, 11) is 0. The van der Waals surface area contributed by atoms with Crippen molar-refractivity contribution in [2.45, 2.75) is 32.7 Å². The van der Waals surface area contributed by atoms with Crippen molar-refractivity contribution in [1.29, 1.82) is 0 Å². The number of hydrazine groups is 1. The minimum absolute atomic E-state index is 0.442. The van der Waals surface area contributed by atoms with Gasteiger partial charge in [0.2, 0.25) is 5.95 Å². The molecule has 6 nitrogen and oxygen atoms in total. The van der Waals surface area contributed by atoms with E-state index in [9.17, 15) is 0 Å². The van der Waals surface area contributed by atoms with Crippen molar-refractivity contribution >= 4 is 11.8 Å². The first-order valence-corrected chi connectivity index (χ1v) is 6.49. The highest BCUT2D eigenvalue weighted by molar-refractivity contribution is 5.46. The van der Waals surface area contributed by atoms with Crippen molar-refractivity contribution in [1.82, 2.24) is 14.9 Å². The molecule has 100 valence electrons. The van der Waals surface area contributed by atoms with E-state index in [0.717, 1.165) is 17.9 Å². The Kier molecular flexibility index (Phi) is 4.33. The normalized spacial score (nSPS) is 17.7. The summed E-state index contributed by atoms with van der Waals surface area (Å²) in [5.41, 5.74) is 3.49. The summed E-state index contributed by atoms with van der Waals surface area (Å²) in [6, 6.07) is 0.524. The van der Waals surface area contributed by atoms with E-state index in [1.165, 1.54) is 25.9 Å². The maximum absolute atomic E-state index is 5.31. The highest BCUT2D eigenvalue weighted by atomic mass is 15.3. The number of nitrogens with one attached hydrogen (secondary N) is 2. The number of rotatable bonds is 5. The van der Waals surface area contributed by atoms with Gasteiger partial charge in [-0.25, -0.2) is 10.8 Å². The zero-order chi connectivity index (χ0) is 13.0. The standard InChI is InChI=1S/C12H22N6/c1-9-7-15-12(17-13)16-11(9)14-8-10(2)18-5-3-4-6-18/h7,10H,3-6,8,13H2,1-2H3,(H2,14,15,16,17). The molecule has 18 heavy (non-hydrogen) atoms. The molecule has 2 rings (SSSR count). The van der Waals surface area contributed by atoms with Crippen LogP contribution in [0.4, 0.5) is 11.8 Å². The fraction of sp³-hybridized carbons (Fsp3) is 0.667. The molecule has 0 saturated carbocycles. The molecule has 0 bridgehead atoms. The quantitative estimate of drug-likeness (QED) is 0.534. The molecule has 4 N–H and O–H groups in total. The zero-order valence-corrected chi connectivity index (χ0v) is 11.1. The van der Waals surface area contributed by atoms with E-state index in [0.29, 0.717) is 12.0 Å². The third kappa shape index (κ3) is 3.08. The van der Waals surface area contributed by atoms with Gasteiger partial charge in [-0.2, -0.15) is 4.98 Å². The topological polar surface area (TPSA) is 79.1 Å². The molecule has 2 heterocycles. The van der Waals surface area contributed by atoms with Crippen LogP contribution in [0.5, 0.6) is 0 Å². The van der Waals surface area contributed by atoms with Crippen LogP contribution in [0, 0.1) is 6.92 Å². The average Bonchev–Trinajstić information content (AvgIpc) is 2.91. The Morgan fingerprint density at radius 1 is 1.44 bits per heavy atom. The number of nitrogens with zero attached hydrogens (tertiary/aromatic N) is 3. The number of likely N-dealkylation sites (tertiary alicyclic amines) is 1. The third-order valence-electron chi connectivity index (χ3n) is 3.43. The Morgan fingerprint density at radius 2 is 2.17 bits per heavy atom. The van der Waals surface area contributed by atoms with Gasteiger partial charge < -0.3 is 5.32 Å². The van der Waals surface area contributed by atoms with Crippen molar-refractivity contribution in [3.05, 3.63) is 11.8 Å². The fourth-order valence-electron chi connectivity index (χ4n) is 2.25. The summed E-state index contributed by atoms with van der Waals surface area (Å²) in [5, 5.41) is 3.38. The predicted octanol–water partition coefficient (Wildman–Crippen LogP) is 0.967. The molecule has 6 heteroatoms. The molecule has 1 atom stereocenters. The average molecular weight is 250 g/mol. The Bertz CT molecular complexity index is 388. The molecule has 0 radical (unpaired) electrons. The Morgan fingerprint density at radius 3 is 2.83 bits per heavy atom. The molecule has 1 fully saturated rings. The van der Waals surface area contributed by atoms with Gasteiger partial charge in [-0.3, -0.25) is 10.3 Å². The van der Waals surface area contributed by atoms with Gasteiger partial charge in [0.25, 0.3) is 0 Å². The smallest absolute Gasteiger partial charge is 0.239 e. The van der Waals surface area contributed by atoms with Crippen molar-refractivity contribution in [2.24, 2.45) is 5.84 Å². The summed E-state index contributed by atoms with van der Waals surface area (Å²) < 4.78 is 0. The predicted molar refractivity (Wildman–Crippen MR) is 73.3 cm³/mol. The minimum Gasteiger partial charge on any atom is -0.368 e. The molecule has 1 aliphatic rings. The van der Waals surface area contributed by atoms with Crippen molar-refractivity contribution in [3.8, 4) is 0 Å². The highest BCUT2D eigenvalue weighted by Crippen LogP contribution is 2.14. The second-order valence-corrected chi connectivity index (χ2v) is 4.84. The Balaban J connectivity index is 1.92. The molecule has 1 unspecified atom stereocenters. The number of nitrogens with two attached hydrogens (primary N) is 1. The third-order valence-corrected chi connectivity index (χ3v) is 3.43. The second kappa shape index (κ2) is 5.97. The molecular weight excluding hydrogens is 228 g/mol. The van der Waals surface area contributed by atoms with Crippen LogP contribution in [0.2, 0.25) is 0 Å². The molecule has 0 aliphatic carbocycles. The molecule has 0 amide bonds. The van der Waals surface area contributed by atoms with E-state index < -0.39 is 0 Å². The summed E-state index contributed by atoms with van der Waals surface area (Å²) in [6.07, 6.45) is 4.40. The summed E-state index contributed by atoms with van der Waals surface area (Å²) >= 11 is 0. The van der Waals surface area contributed by atoms with Crippen LogP contribution in [0.1, 0.15) is 25.3 Å². The van der Waals surface area contributed by atoms with Crippen molar-refractivity contribution in [3.63, 3.8) is 0 Å². The van der Waals surface area contributed by atoms with Gasteiger partial charge in [0, 0.05) is 24.3 Å². The first-order valence-electron chi connectivity index (χ1n) is 6.49. The number of hydrogen-bond donors (Lipinski definition) is 3. The summed E-state index contributed by atoms with van der Waals surface area (Å²) in [5.74, 6) is 6.61. The van der Waals surface area contributed by atoms with Gasteiger partial charge in [0.15, 0.2) is 0 Å². The molecular formula is C12H22N6. The van der Waals surface area contributed by atoms with Crippen LogP contribution in [0.3, 0.4) is 0 Å². The van der Waals surface area contributed by atoms with E-state index in [1.54, 1.807) is 6.20 Å². The lowest BCUT2D eigenvalue weighted by molar-refractivity contribution is 0.269. The van der Waals surface area contributed by atoms with Crippen LogP contribution >= 0.6 is 0 Å². The first kappa shape index (κ1) is 13.0. The lowest BCUT2D eigenvalue weighted by atomic mass is 10.3. The van der Waals surface area contributed by atoms with Gasteiger partial charge in [0.05, 0.1) is 0 Å². The second-order valence-electron chi connectivity index (χ2n) is 4.84. The maximum Gasteiger partial charge on any atom is 0.239 e. The minimum atomic E-state index is 0.442. The lowest BCUT2D eigenvalue weighted by Crippen LogP contribution is -2.35. The van der Waals surface area contributed by atoms with Gasteiger partial charge >= 0.3 is 0 Å². The molecule has 1 saturated heterocycles. The monoisotopic (exact) mass is 250 g/mol. The van der Waals surface area contributed by atoms with E-state index in [1.807, 2.05) is 6.92 Å². The van der Waals surface area contributed by atoms with Crippen LogP contribution in [-0.2, 0) is 0 Å². The molecule has 0 spiro atoms. The molecule has 1 aliphatic heterocycles. The van der Waals surface area contributed by atoms with Crippen molar-refractivity contribution in [2.75, 3.05) is 30.4 Å². The lowest BCUT2D eigenvalue weighted by Gasteiger charge is -2.24. The number of nitrogen functional groups attached to an aromatic ring is 1. The number of aryl methyl sites for hydroxylation is 1. The number of hydrogen-bond acceptors (Lipinski definition) is 6. The number of anilines is 2. The maximum atomic E-state index is 5.31. The van der Waals surface area contributed by atoms with E-state index in [2.05, 4.69) is 32.5 Å². The van der Waals surface area contributed by atoms with E-state index in [-0.39, 0.29) is 0 Å². The number of aromatic nitrogens is 2. The van der Waals surface area contributed by atoms with Gasteiger partial charge in [-0.15, -0.1) is 0 Å². The Hall–Kier alpha value is -1.40. The summed E-state index contributed by atoms with van der Waals surface area (Å²) in [6.45, 7) is 7.55. The van der Waals surface area contributed by atoms with Crippen LogP contribution in [-0.4, -0.2) is 40.5 Å². The first-order chi connectivity index (χ1) is 8.70. The van der Waals surface area contributed by atoms with Crippen LogP contribution in [0.25, 0.3) is 0 Å². The SMILES string of the molecule is Cc1cnc(NN)nc1NCC(C)N1CCCC1. The Labute approximate surface area is 108 Å². The van der Waals surface area contributed by atoms with Crippen LogP contribution < -0.4 is 16.6 Å². The van der Waals surface area contributed by atoms with Crippen molar-refractivity contribution < 1.29 is 0 Å². The molecule has 1 aromatic rings. The fourth-order valence-corrected chi connectivity index (χ4v) is 2.25. The largest absolute Gasteiger partial charge is 0.368 e. The van der Waals surface area contributed by atoms with E-state index >= 15 is 0 Å². The molecule has 0 aromatic carbocycles. The van der Waals surface area contributed by atoms with Gasteiger partial charge in [0.1, 0.15) is 5.82 Å². The van der Waals surface area contributed by atoms with E-state index in [4.69, 9.17) is 5.84 Å². The summed E-state index contributed by atoms with van der Waals surface area (Å²) in [4.78, 5) is 10.9. The van der Waals surface area contributed by atoms with Gasteiger partial charge in [-0.05, 0) is 39.8 Å². The highest BCUT2D eigenvalue weighted by Gasteiger charge is 2.17. The molecule has 1 aromatic heterocycles. The van der Waals surface area contributed by atoms with Gasteiger partial charge in [-0.1, -0.05) is 0 Å². The van der Waals surface area contributed by atoms with Crippen LogP contribution in [0.15, 0.2) is 6.20 Å². The zero-order valence-electron chi connectivity index (χ0n) is 11.1.